The Morgan fingerprint density at radius 1 is 0.914 bits per heavy atom. The predicted octanol–water partition coefficient (Wildman–Crippen LogP) is -2.35. The summed E-state index contributed by atoms with van der Waals surface area (Å²) in [5.74, 6) is -3.68. The molecule has 14 heteroatoms. The first-order chi connectivity index (χ1) is 16.4. The van der Waals surface area contributed by atoms with Crippen molar-refractivity contribution >= 4 is 47.6 Å². The van der Waals surface area contributed by atoms with Gasteiger partial charge in [-0.25, -0.2) is 0 Å². The smallest absolute Gasteiger partial charge is 0.305 e. The lowest BCUT2D eigenvalue weighted by Gasteiger charge is -2.24. The van der Waals surface area contributed by atoms with Gasteiger partial charge in [0.15, 0.2) is 0 Å². The summed E-state index contributed by atoms with van der Waals surface area (Å²) < 4.78 is 0. The highest BCUT2D eigenvalue weighted by atomic mass is 32.2. The second kappa shape index (κ2) is 16.8. The van der Waals surface area contributed by atoms with Crippen LogP contribution in [-0.2, 0) is 28.8 Å². The number of aliphatic hydroxyl groups is 1. The predicted molar refractivity (Wildman–Crippen MR) is 129 cm³/mol. The molecule has 5 atom stereocenters. The molecule has 0 rings (SSSR count). The highest BCUT2D eigenvalue weighted by Crippen LogP contribution is 2.05. The van der Waals surface area contributed by atoms with Crippen molar-refractivity contribution in [1.29, 1.82) is 0 Å². The van der Waals surface area contributed by atoms with Gasteiger partial charge in [-0.2, -0.15) is 11.8 Å². The summed E-state index contributed by atoms with van der Waals surface area (Å²) >= 11 is 1.41. The van der Waals surface area contributed by atoms with Gasteiger partial charge in [0.2, 0.25) is 29.9 Å². The molecule has 0 saturated heterocycles. The van der Waals surface area contributed by atoms with E-state index in [1.165, 1.54) is 25.0 Å². The molecular formula is C21H36N5O8S. The number of carbonyl (C=O) groups excluding carboxylic acids is 5. The lowest BCUT2D eigenvalue weighted by Crippen LogP contribution is -2.58. The van der Waals surface area contributed by atoms with Gasteiger partial charge in [0, 0.05) is 0 Å². The molecule has 0 aliphatic rings. The van der Waals surface area contributed by atoms with Crippen molar-refractivity contribution < 1.29 is 39.0 Å². The van der Waals surface area contributed by atoms with Crippen LogP contribution >= 0.6 is 11.8 Å². The molecule has 0 aliphatic carbocycles. The molecule has 0 bridgehead atoms. The fourth-order valence-electron chi connectivity index (χ4n) is 2.84. The molecule has 8 N–H and O–H groups in total. The summed E-state index contributed by atoms with van der Waals surface area (Å²) in [4.78, 5) is 71.4. The van der Waals surface area contributed by atoms with Crippen LogP contribution in [0.25, 0.3) is 0 Å². The van der Waals surface area contributed by atoms with E-state index in [4.69, 9.17) is 10.8 Å². The zero-order chi connectivity index (χ0) is 27.1. The van der Waals surface area contributed by atoms with Gasteiger partial charge >= 0.3 is 5.97 Å². The van der Waals surface area contributed by atoms with E-state index in [0.717, 1.165) is 0 Å². The largest absolute Gasteiger partial charge is 0.481 e. The number of thioether (sulfide) groups is 1. The number of nitrogens with two attached hydrogens (primary N) is 1. The molecule has 1 radical (unpaired) electrons. The highest BCUT2D eigenvalue weighted by molar-refractivity contribution is 7.98. The Bertz CT molecular complexity index is 751. The summed E-state index contributed by atoms with van der Waals surface area (Å²) in [6.45, 7) is 4.34. The minimum Gasteiger partial charge on any atom is -0.481 e. The molecule has 0 fully saturated rings. The van der Waals surface area contributed by atoms with Crippen molar-refractivity contribution in [3.05, 3.63) is 0 Å². The van der Waals surface area contributed by atoms with Crippen LogP contribution in [0.15, 0.2) is 0 Å². The number of carboxylic acid groups (broad SMARTS) is 1. The zero-order valence-corrected chi connectivity index (χ0v) is 21.1. The minimum atomic E-state index is -1.39. The fourth-order valence-corrected chi connectivity index (χ4v) is 3.31. The van der Waals surface area contributed by atoms with Crippen LogP contribution in [0.4, 0.5) is 0 Å². The number of nitrogens with one attached hydrogen (secondary N) is 4. The van der Waals surface area contributed by atoms with Gasteiger partial charge in [0.05, 0.1) is 19.1 Å². The van der Waals surface area contributed by atoms with E-state index in [-0.39, 0.29) is 12.3 Å². The first kappa shape index (κ1) is 32.3. The molecule has 0 aromatic rings. The summed E-state index contributed by atoms with van der Waals surface area (Å²) in [5.41, 5.74) is 5.80. The van der Waals surface area contributed by atoms with E-state index in [1.54, 1.807) is 6.26 Å². The van der Waals surface area contributed by atoms with E-state index >= 15 is 0 Å². The van der Waals surface area contributed by atoms with Crippen LogP contribution in [0.2, 0.25) is 0 Å². The molecule has 35 heavy (non-hydrogen) atoms. The topological polar surface area (TPSA) is 217 Å². The second-order valence-corrected chi connectivity index (χ2v) is 9.32. The minimum absolute atomic E-state index is 0.139. The molecule has 0 aromatic heterocycles. The maximum Gasteiger partial charge on any atom is 0.305 e. The fraction of sp³-hybridized carbons (Fsp3) is 0.714. The van der Waals surface area contributed by atoms with Crippen LogP contribution in [0.3, 0.4) is 0 Å². The Morgan fingerprint density at radius 2 is 1.49 bits per heavy atom. The van der Waals surface area contributed by atoms with Gasteiger partial charge in [-0.1, -0.05) is 13.8 Å². The molecule has 0 saturated carbocycles. The molecule has 0 aliphatic heterocycles. The van der Waals surface area contributed by atoms with E-state index in [9.17, 15) is 33.9 Å². The number of rotatable bonds is 17. The maximum absolute atomic E-state index is 12.7. The number of aliphatic carboxylic acids is 1. The molecule has 199 valence electrons. The summed E-state index contributed by atoms with van der Waals surface area (Å²) in [7, 11) is 0. The van der Waals surface area contributed by atoms with Gasteiger partial charge in [-0.05, 0) is 37.7 Å². The number of carboxylic acids is 1. The van der Waals surface area contributed by atoms with Crippen LogP contribution in [0.1, 0.15) is 40.0 Å². The van der Waals surface area contributed by atoms with Gasteiger partial charge in [0.25, 0.3) is 0 Å². The Kier molecular flexibility index (Phi) is 15.5. The number of carbonyl (C=O) groups is 5. The van der Waals surface area contributed by atoms with E-state index < -0.39 is 72.8 Å². The lowest BCUT2D eigenvalue weighted by atomic mass is 10.0. The summed E-state index contributed by atoms with van der Waals surface area (Å²) in [5, 5.41) is 27.7. The van der Waals surface area contributed by atoms with Crippen LogP contribution in [0, 0.1) is 5.92 Å². The summed E-state index contributed by atoms with van der Waals surface area (Å²) in [6, 6.07) is -5.87. The van der Waals surface area contributed by atoms with Gasteiger partial charge in [0.1, 0.15) is 24.2 Å². The van der Waals surface area contributed by atoms with Crippen LogP contribution < -0.4 is 27.0 Å². The van der Waals surface area contributed by atoms with E-state index in [2.05, 4.69) is 21.3 Å². The number of aliphatic hydroxyl groups excluding tert-OH is 1. The third kappa shape index (κ3) is 13.1. The maximum atomic E-state index is 12.7. The number of amides is 4. The van der Waals surface area contributed by atoms with Gasteiger partial charge in [-0.15, -0.1) is 0 Å². The standard InChI is InChI=1S/C21H36N5O8S/c1-11(2)7-14(22)19(32)26-16(10-28)21(34)25-15(5-6-35-4)20(33)23-12(3)18(31)24-13(9-27)8-17(29)30/h11-16,28H,5-8,10,22H2,1-4H3,(H,23,33)(H,24,31)(H,25,34)(H,26,32)(H,29,30)/t12-,13-,14-,15-,16-/m0/s1. The number of hydrogen-bond donors (Lipinski definition) is 7. The highest BCUT2D eigenvalue weighted by Gasteiger charge is 2.29. The second-order valence-electron chi connectivity index (χ2n) is 8.33. The molecule has 13 nitrogen and oxygen atoms in total. The van der Waals surface area contributed by atoms with Crippen LogP contribution in [-0.4, -0.2) is 94.9 Å². The molecule has 4 amide bonds. The summed E-state index contributed by atoms with van der Waals surface area (Å²) in [6.07, 6.45) is 3.07. The van der Waals surface area contributed by atoms with Crippen molar-refractivity contribution in [3.8, 4) is 0 Å². The quantitative estimate of drug-likeness (QED) is 0.109. The van der Waals surface area contributed by atoms with Gasteiger partial charge in [-0.3, -0.25) is 28.8 Å². The Balaban J connectivity index is 5.19. The average Bonchev–Trinajstić information content (AvgIpc) is 2.78. The van der Waals surface area contributed by atoms with E-state index in [1.807, 2.05) is 13.8 Å². The number of hydrogen-bond acceptors (Lipinski definition) is 9. The van der Waals surface area contributed by atoms with Crippen molar-refractivity contribution in [2.75, 3.05) is 18.6 Å². The SMILES string of the molecule is CSCC[C@H](NC(=O)[C@H](CO)NC(=O)[C@@H](N)CC(C)C)C(=O)N[C@@H](C)C(=O)N[C@H]([C]=O)CC(=O)O. The van der Waals surface area contributed by atoms with Crippen molar-refractivity contribution in [2.45, 2.75) is 70.2 Å². The third-order valence-corrected chi connectivity index (χ3v) is 5.35. The van der Waals surface area contributed by atoms with Gasteiger partial charge < -0.3 is 37.2 Å². The molecule has 0 unspecified atom stereocenters. The van der Waals surface area contributed by atoms with Crippen molar-refractivity contribution in [1.82, 2.24) is 21.3 Å². The lowest BCUT2D eigenvalue weighted by molar-refractivity contribution is -0.137. The molecule has 0 aromatic carbocycles. The van der Waals surface area contributed by atoms with Crippen LogP contribution in [0.5, 0.6) is 0 Å². The average molecular weight is 519 g/mol. The van der Waals surface area contributed by atoms with E-state index in [0.29, 0.717) is 12.2 Å². The first-order valence-electron chi connectivity index (χ1n) is 11.0. The zero-order valence-electron chi connectivity index (χ0n) is 20.3. The van der Waals surface area contributed by atoms with Crippen molar-refractivity contribution in [2.24, 2.45) is 11.7 Å². The Hall–Kier alpha value is -2.71. The first-order valence-corrected chi connectivity index (χ1v) is 12.4. The molecular weight excluding hydrogens is 482 g/mol. The van der Waals surface area contributed by atoms with Crippen molar-refractivity contribution in [3.63, 3.8) is 0 Å². The Morgan fingerprint density at radius 3 is 1.97 bits per heavy atom. The third-order valence-electron chi connectivity index (χ3n) is 4.71. The molecule has 0 heterocycles. The normalized spacial score (nSPS) is 15.2. The Labute approximate surface area is 208 Å². The molecule has 0 spiro atoms. The monoisotopic (exact) mass is 518 g/mol.